The van der Waals surface area contributed by atoms with Crippen LogP contribution in [0, 0.1) is 5.92 Å². The second kappa shape index (κ2) is 13.5. The molecule has 3 aromatic carbocycles. The minimum atomic E-state index is -1.77. The van der Waals surface area contributed by atoms with E-state index in [9.17, 15) is 0 Å². The largest absolute Gasteiger partial charge is 0.115 e. The summed E-state index contributed by atoms with van der Waals surface area (Å²) in [6.45, 7) is 9.25. The van der Waals surface area contributed by atoms with Crippen molar-refractivity contribution >= 4 is 23.2 Å². The van der Waals surface area contributed by atoms with Crippen LogP contribution in [-0.4, -0.2) is 6.16 Å². The van der Waals surface area contributed by atoms with E-state index in [0.717, 1.165) is 24.9 Å². The van der Waals surface area contributed by atoms with E-state index in [4.69, 9.17) is 0 Å². The Labute approximate surface area is 209 Å². The molecule has 0 radical (unpaired) electrons. The lowest BCUT2D eigenvalue weighted by atomic mass is 10.0. The molecular weight excluding hydrogens is 427 g/mol. The predicted octanol–water partition coefficient (Wildman–Crippen LogP) is 8.48. The molecule has 0 saturated heterocycles. The number of hydrogen-bond acceptors (Lipinski definition) is 0. The molecule has 0 aliphatic carbocycles. The Morgan fingerprint density at radius 3 is 1.53 bits per heavy atom. The Morgan fingerprint density at radius 2 is 1.09 bits per heavy atom. The molecule has 0 spiro atoms. The molecule has 178 valence electrons. The summed E-state index contributed by atoms with van der Waals surface area (Å²) in [4.78, 5) is 0. The van der Waals surface area contributed by atoms with Gasteiger partial charge in [0.2, 0.25) is 0 Å². The summed E-state index contributed by atoms with van der Waals surface area (Å²) in [6, 6.07) is 33.6. The van der Waals surface area contributed by atoms with Gasteiger partial charge in [-0.3, -0.25) is 0 Å². The first-order valence-electron chi connectivity index (χ1n) is 12.9. The highest BCUT2D eigenvalue weighted by Crippen LogP contribution is 2.55. The average Bonchev–Trinajstić information content (AvgIpc) is 2.86. The fraction of sp³-hybridized carbons (Fsp3) is 0.333. The van der Waals surface area contributed by atoms with Gasteiger partial charge in [0.05, 0.1) is 6.16 Å². The summed E-state index contributed by atoms with van der Waals surface area (Å²) >= 11 is 0. The van der Waals surface area contributed by atoms with Crippen LogP contribution in [0.1, 0.15) is 59.8 Å². The minimum Gasteiger partial charge on any atom is -0.0853 e. The van der Waals surface area contributed by atoms with E-state index in [1.165, 1.54) is 40.7 Å². The zero-order chi connectivity index (χ0) is 24.2. The molecule has 0 unspecified atom stereocenters. The van der Waals surface area contributed by atoms with Gasteiger partial charge in [-0.15, -0.1) is 0 Å². The fourth-order valence-corrected chi connectivity index (χ4v) is 8.80. The second-order valence-electron chi connectivity index (χ2n) is 9.92. The second-order valence-corrected chi connectivity index (χ2v) is 13.5. The first-order chi connectivity index (χ1) is 16.5. The maximum Gasteiger partial charge on any atom is 0.115 e. The zero-order valence-corrected chi connectivity index (χ0v) is 22.5. The monoisotopic (exact) mass is 469 g/mol. The molecule has 0 atom stereocenters. The van der Waals surface area contributed by atoms with Gasteiger partial charge < -0.3 is 0 Å². The van der Waals surface area contributed by atoms with Crippen LogP contribution in [-0.2, 0) is 0 Å². The van der Waals surface area contributed by atoms with Crippen LogP contribution in [0.5, 0.6) is 0 Å². The predicted molar refractivity (Wildman–Crippen MR) is 155 cm³/mol. The molecular formula is C33H42P+. The van der Waals surface area contributed by atoms with E-state index < -0.39 is 7.26 Å². The molecule has 1 heteroatoms. The third-order valence-electron chi connectivity index (χ3n) is 6.69. The Morgan fingerprint density at radius 1 is 0.647 bits per heavy atom. The van der Waals surface area contributed by atoms with E-state index in [0.29, 0.717) is 0 Å². The molecule has 0 nitrogen and oxygen atoms in total. The number of rotatable bonds is 12. The Kier molecular flexibility index (Phi) is 10.4. The minimum absolute atomic E-state index is 0.806. The highest BCUT2D eigenvalue weighted by molar-refractivity contribution is 7.95. The van der Waals surface area contributed by atoms with Gasteiger partial charge in [0.25, 0.3) is 0 Å². The highest BCUT2D eigenvalue weighted by Gasteiger charge is 2.44. The molecule has 34 heavy (non-hydrogen) atoms. The Bertz CT molecular complexity index is 933. The molecule has 3 aromatic rings. The summed E-state index contributed by atoms with van der Waals surface area (Å²) in [6.07, 6.45) is 12.2. The van der Waals surface area contributed by atoms with Gasteiger partial charge in [0.1, 0.15) is 23.2 Å². The number of benzene rings is 3. The van der Waals surface area contributed by atoms with Crippen LogP contribution in [0.3, 0.4) is 0 Å². The smallest absolute Gasteiger partial charge is 0.0853 e. The van der Waals surface area contributed by atoms with Gasteiger partial charge in [-0.2, -0.15) is 0 Å². The van der Waals surface area contributed by atoms with Crippen LogP contribution < -0.4 is 15.9 Å². The van der Waals surface area contributed by atoms with E-state index in [1.54, 1.807) is 5.57 Å². The van der Waals surface area contributed by atoms with Crippen molar-refractivity contribution in [3.05, 3.63) is 114 Å². The average molecular weight is 470 g/mol. The van der Waals surface area contributed by atoms with Crippen LogP contribution in [0.4, 0.5) is 0 Å². The van der Waals surface area contributed by atoms with Crippen molar-refractivity contribution in [2.75, 3.05) is 6.16 Å². The zero-order valence-electron chi connectivity index (χ0n) is 21.6. The van der Waals surface area contributed by atoms with Crippen molar-refractivity contribution in [2.45, 2.75) is 59.8 Å². The molecule has 0 N–H and O–H groups in total. The van der Waals surface area contributed by atoms with E-state index in [-0.39, 0.29) is 0 Å². The van der Waals surface area contributed by atoms with Gasteiger partial charge >= 0.3 is 0 Å². The lowest BCUT2D eigenvalue weighted by molar-refractivity contribution is 0.554. The first-order valence-corrected chi connectivity index (χ1v) is 14.9. The Hall–Kier alpha value is -2.43. The number of hydrogen-bond donors (Lipinski definition) is 0. The molecule has 0 amide bonds. The van der Waals surface area contributed by atoms with Gasteiger partial charge in [-0.05, 0) is 87.9 Å². The lowest BCUT2D eigenvalue weighted by Gasteiger charge is -2.27. The molecule has 0 fully saturated rings. The van der Waals surface area contributed by atoms with Gasteiger partial charge in [-0.25, -0.2) is 0 Å². The van der Waals surface area contributed by atoms with Crippen molar-refractivity contribution < 1.29 is 0 Å². The summed E-state index contributed by atoms with van der Waals surface area (Å²) < 4.78 is 0. The molecule has 0 aliphatic rings. The fourth-order valence-electron chi connectivity index (χ4n) is 4.64. The summed E-state index contributed by atoms with van der Waals surface area (Å²) in [5.74, 6) is 0.806. The van der Waals surface area contributed by atoms with Crippen molar-refractivity contribution in [2.24, 2.45) is 5.92 Å². The maximum atomic E-state index is 2.53. The molecule has 0 aromatic heterocycles. The van der Waals surface area contributed by atoms with Crippen molar-refractivity contribution in [3.8, 4) is 0 Å². The lowest BCUT2D eigenvalue weighted by Crippen LogP contribution is -2.33. The first kappa shape index (κ1) is 26.2. The molecule has 0 saturated carbocycles. The van der Waals surface area contributed by atoms with Gasteiger partial charge in [0.15, 0.2) is 0 Å². The van der Waals surface area contributed by atoms with E-state index in [2.05, 4.69) is 131 Å². The SMILES string of the molecule is CC(=CC[P+](c1ccccc1)(c1ccccc1)c1ccccc1)CCC=C(C)CCCC(C)C. The molecule has 0 aliphatic heterocycles. The van der Waals surface area contributed by atoms with Crippen LogP contribution in [0.2, 0.25) is 0 Å². The topological polar surface area (TPSA) is 0 Å². The molecule has 3 rings (SSSR count). The van der Waals surface area contributed by atoms with Crippen LogP contribution in [0.15, 0.2) is 114 Å². The standard InChI is InChI=1S/C33H42P/c1-28(2)16-14-17-29(3)18-15-19-30(4)26-27-34(31-20-8-5-9-21-31,32-22-10-6-11-23-32)33-24-12-7-13-25-33/h5-13,18,20-26,28H,14-17,19,27H2,1-4H3/q+1. The summed E-state index contributed by atoms with van der Waals surface area (Å²) in [7, 11) is -1.77. The van der Waals surface area contributed by atoms with Gasteiger partial charge in [-0.1, -0.05) is 92.1 Å². The third kappa shape index (κ3) is 7.28. The van der Waals surface area contributed by atoms with Crippen LogP contribution >= 0.6 is 7.26 Å². The van der Waals surface area contributed by atoms with E-state index >= 15 is 0 Å². The molecule has 0 heterocycles. The summed E-state index contributed by atoms with van der Waals surface area (Å²) in [5, 5.41) is 4.37. The number of allylic oxidation sites excluding steroid dienone is 4. The highest BCUT2D eigenvalue weighted by atomic mass is 31.2. The maximum absolute atomic E-state index is 2.53. The van der Waals surface area contributed by atoms with Crippen molar-refractivity contribution in [1.29, 1.82) is 0 Å². The third-order valence-corrected chi connectivity index (χ3v) is 11.0. The Balaban J connectivity index is 1.85. The normalized spacial score (nSPS) is 12.9. The van der Waals surface area contributed by atoms with Crippen LogP contribution in [0.25, 0.3) is 0 Å². The van der Waals surface area contributed by atoms with Crippen molar-refractivity contribution in [3.63, 3.8) is 0 Å². The van der Waals surface area contributed by atoms with Gasteiger partial charge in [0, 0.05) is 0 Å². The van der Waals surface area contributed by atoms with Crippen molar-refractivity contribution in [1.82, 2.24) is 0 Å². The quantitative estimate of drug-likeness (QED) is 0.184. The van der Waals surface area contributed by atoms with E-state index in [1.807, 2.05) is 0 Å². The molecule has 0 bridgehead atoms. The summed E-state index contributed by atoms with van der Waals surface area (Å²) in [5.41, 5.74) is 3.05.